The van der Waals surface area contributed by atoms with E-state index >= 15 is 0 Å². The molecule has 7 heteroatoms. The van der Waals surface area contributed by atoms with Crippen LogP contribution in [0.15, 0.2) is 23.5 Å². The molecule has 2 heterocycles. The molecule has 1 saturated heterocycles. The SMILES string of the molecule is CC1=CC(O/C=C2/C(=O)N[C@@H]3C(O)C(O)C[C@H]23)OC1=O. The van der Waals surface area contributed by atoms with Crippen LogP contribution in [0.2, 0.25) is 0 Å². The van der Waals surface area contributed by atoms with E-state index in [-0.39, 0.29) is 11.8 Å². The molecule has 3 rings (SSSR count). The number of aliphatic hydroxyl groups is 2. The van der Waals surface area contributed by atoms with Crippen molar-refractivity contribution in [3.05, 3.63) is 23.5 Å². The Morgan fingerprint density at radius 2 is 2.20 bits per heavy atom. The molecule has 20 heavy (non-hydrogen) atoms. The van der Waals surface area contributed by atoms with E-state index in [9.17, 15) is 19.8 Å². The highest BCUT2D eigenvalue weighted by Gasteiger charge is 2.50. The lowest BCUT2D eigenvalue weighted by molar-refractivity contribution is -0.152. The number of fused-ring (bicyclic) bond motifs is 1. The molecule has 1 saturated carbocycles. The van der Waals surface area contributed by atoms with Crippen molar-refractivity contribution in [1.29, 1.82) is 0 Å². The molecule has 7 nitrogen and oxygen atoms in total. The zero-order chi connectivity index (χ0) is 14.4. The van der Waals surface area contributed by atoms with Gasteiger partial charge in [0.2, 0.25) is 0 Å². The average Bonchev–Trinajstić information content (AvgIpc) is 2.96. The van der Waals surface area contributed by atoms with Crippen molar-refractivity contribution in [3.63, 3.8) is 0 Å². The number of rotatable bonds is 2. The fourth-order valence-corrected chi connectivity index (χ4v) is 2.79. The zero-order valence-corrected chi connectivity index (χ0v) is 10.8. The van der Waals surface area contributed by atoms with E-state index in [1.807, 2.05) is 0 Å². The number of carbonyl (C=O) groups excluding carboxylic acids is 2. The van der Waals surface area contributed by atoms with E-state index in [0.29, 0.717) is 17.6 Å². The number of carbonyl (C=O) groups is 2. The first-order valence-corrected chi connectivity index (χ1v) is 6.39. The van der Waals surface area contributed by atoms with Crippen LogP contribution in [0.25, 0.3) is 0 Å². The van der Waals surface area contributed by atoms with Crippen LogP contribution in [0.4, 0.5) is 0 Å². The maximum Gasteiger partial charge on any atom is 0.336 e. The maximum absolute atomic E-state index is 11.8. The quantitative estimate of drug-likeness (QED) is 0.339. The van der Waals surface area contributed by atoms with Gasteiger partial charge in [-0.25, -0.2) is 4.79 Å². The summed E-state index contributed by atoms with van der Waals surface area (Å²) in [6.45, 7) is 1.61. The molecule has 3 aliphatic rings. The Hall–Kier alpha value is -1.86. The number of aliphatic hydroxyl groups excluding tert-OH is 2. The summed E-state index contributed by atoms with van der Waals surface area (Å²) in [5.41, 5.74) is 0.800. The highest BCUT2D eigenvalue weighted by Crippen LogP contribution is 2.37. The van der Waals surface area contributed by atoms with Crippen molar-refractivity contribution >= 4 is 11.9 Å². The molecule has 3 unspecified atom stereocenters. The predicted octanol–water partition coefficient (Wildman–Crippen LogP) is -1.04. The Labute approximate surface area is 114 Å². The standard InChI is InChI=1S/C13H15NO6/c1-5-2-9(20-13(5)18)19-4-7-6-3-8(15)11(16)10(6)14-12(7)17/h2,4,6,8-11,15-16H,3H2,1H3,(H,14,17)/b7-4+/t6-,8?,9?,10+,11?/m1/s1. The Morgan fingerprint density at radius 3 is 2.85 bits per heavy atom. The van der Waals surface area contributed by atoms with Gasteiger partial charge in [-0.2, -0.15) is 0 Å². The van der Waals surface area contributed by atoms with E-state index in [4.69, 9.17) is 9.47 Å². The third-order valence-corrected chi connectivity index (χ3v) is 3.91. The molecule has 0 bridgehead atoms. The second-order valence-electron chi connectivity index (χ2n) is 5.23. The fourth-order valence-electron chi connectivity index (χ4n) is 2.79. The van der Waals surface area contributed by atoms with E-state index in [2.05, 4.69) is 5.32 Å². The van der Waals surface area contributed by atoms with Crippen molar-refractivity contribution in [2.75, 3.05) is 0 Å². The Bertz CT molecular complexity index is 525. The van der Waals surface area contributed by atoms with Gasteiger partial charge < -0.3 is 25.0 Å². The molecular formula is C13H15NO6. The molecule has 5 atom stereocenters. The molecule has 2 aliphatic heterocycles. The van der Waals surface area contributed by atoms with Gasteiger partial charge >= 0.3 is 5.97 Å². The molecular weight excluding hydrogens is 266 g/mol. The van der Waals surface area contributed by atoms with Crippen LogP contribution in [0.3, 0.4) is 0 Å². The summed E-state index contributed by atoms with van der Waals surface area (Å²) in [6.07, 6.45) is 0.388. The molecule has 3 N–H and O–H groups in total. The number of nitrogens with one attached hydrogen (secondary N) is 1. The van der Waals surface area contributed by atoms with Gasteiger partial charge in [0.25, 0.3) is 12.2 Å². The Morgan fingerprint density at radius 1 is 1.45 bits per heavy atom. The van der Waals surface area contributed by atoms with Crippen LogP contribution < -0.4 is 5.32 Å². The largest absolute Gasteiger partial charge is 0.458 e. The summed E-state index contributed by atoms with van der Waals surface area (Å²) in [6, 6.07) is -0.490. The van der Waals surface area contributed by atoms with Crippen molar-refractivity contribution < 1.29 is 29.3 Å². The minimum atomic E-state index is -0.971. The average molecular weight is 281 g/mol. The number of cyclic esters (lactones) is 1. The van der Waals surface area contributed by atoms with Gasteiger partial charge in [0, 0.05) is 17.6 Å². The van der Waals surface area contributed by atoms with Crippen molar-refractivity contribution in [3.8, 4) is 0 Å². The van der Waals surface area contributed by atoms with Gasteiger partial charge in [0.05, 0.1) is 24.0 Å². The number of hydrogen-bond donors (Lipinski definition) is 3. The van der Waals surface area contributed by atoms with Crippen molar-refractivity contribution in [2.45, 2.75) is 37.9 Å². The molecule has 2 fully saturated rings. The monoisotopic (exact) mass is 281 g/mol. The lowest BCUT2D eigenvalue weighted by Gasteiger charge is -2.13. The first-order chi connectivity index (χ1) is 9.47. The Balaban J connectivity index is 1.72. The summed E-state index contributed by atoms with van der Waals surface area (Å²) in [5.74, 6) is -1.08. The third kappa shape index (κ3) is 1.99. The summed E-state index contributed by atoms with van der Waals surface area (Å²) in [5, 5.41) is 22.0. The second kappa shape index (κ2) is 4.60. The van der Waals surface area contributed by atoms with E-state index in [0.717, 1.165) is 0 Å². The normalized spacial score (nSPS) is 41.5. The minimum absolute atomic E-state index is 0.291. The number of esters is 1. The summed E-state index contributed by atoms with van der Waals surface area (Å²) < 4.78 is 10.2. The fraction of sp³-hybridized carbons (Fsp3) is 0.538. The maximum atomic E-state index is 11.8. The molecule has 1 aliphatic carbocycles. The second-order valence-corrected chi connectivity index (χ2v) is 5.23. The molecule has 0 aromatic carbocycles. The van der Waals surface area contributed by atoms with E-state index < -0.39 is 30.5 Å². The van der Waals surface area contributed by atoms with Gasteiger partial charge in [0.15, 0.2) is 0 Å². The molecule has 0 radical (unpaired) electrons. The van der Waals surface area contributed by atoms with Crippen LogP contribution in [0.5, 0.6) is 0 Å². The van der Waals surface area contributed by atoms with Gasteiger partial charge in [-0.1, -0.05) is 0 Å². The summed E-state index contributed by atoms with van der Waals surface area (Å²) in [4.78, 5) is 23.0. The predicted molar refractivity (Wildman–Crippen MR) is 64.9 cm³/mol. The van der Waals surface area contributed by atoms with Gasteiger partial charge in [-0.05, 0) is 13.3 Å². The van der Waals surface area contributed by atoms with Crippen LogP contribution >= 0.6 is 0 Å². The Kier molecular flexibility index (Phi) is 3.02. The first kappa shape index (κ1) is 13.1. The topological polar surface area (TPSA) is 105 Å². The number of amides is 1. The van der Waals surface area contributed by atoms with Gasteiger partial charge in [-0.3, -0.25) is 4.79 Å². The number of ether oxygens (including phenoxy) is 2. The minimum Gasteiger partial charge on any atom is -0.458 e. The lowest BCUT2D eigenvalue weighted by atomic mass is 9.99. The smallest absolute Gasteiger partial charge is 0.336 e. The van der Waals surface area contributed by atoms with Crippen LogP contribution in [0, 0.1) is 5.92 Å². The summed E-state index contributed by atoms with van der Waals surface area (Å²) in [7, 11) is 0. The lowest BCUT2D eigenvalue weighted by Crippen LogP contribution is -2.39. The van der Waals surface area contributed by atoms with Crippen LogP contribution in [0.1, 0.15) is 13.3 Å². The van der Waals surface area contributed by atoms with E-state index in [1.54, 1.807) is 6.92 Å². The highest BCUT2D eigenvalue weighted by atomic mass is 16.7. The van der Waals surface area contributed by atoms with Gasteiger partial charge in [-0.15, -0.1) is 0 Å². The highest BCUT2D eigenvalue weighted by molar-refractivity contribution is 5.97. The molecule has 0 aromatic heterocycles. The van der Waals surface area contributed by atoms with Gasteiger partial charge in [0.1, 0.15) is 6.10 Å². The molecule has 0 spiro atoms. The first-order valence-electron chi connectivity index (χ1n) is 6.39. The zero-order valence-electron chi connectivity index (χ0n) is 10.8. The summed E-state index contributed by atoms with van der Waals surface area (Å²) >= 11 is 0. The molecule has 108 valence electrons. The third-order valence-electron chi connectivity index (χ3n) is 3.91. The van der Waals surface area contributed by atoms with Crippen LogP contribution in [-0.2, 0) is 19.1 Å². The number of hydrogen-bond acceptors (Lipinski definition) is 6. The molecule has 1 amide bonds. The van der Waals surface area contributed by atoms with Crippen LogP contribution in [-0.4, -0.2) is 46.6 Å². The molecule has 0 aromatic rings. The van der Waals surface area contributed by atoms with E-state index in [1.165, 1.54) is 12.3 Å². The van der Waals surface area contributed by atoms with Crippen molar-refractivity contribution in [2.24, 2.45) is 5.92 Å². The van der Waals surface area contributed by atoms with Crippen molar-refractivity contribution in [1.82, 2.24) is 5.32 Å².